The molecule has 0 saturated carbocycles. The Balaban J connectivity index is 1.78. The van der Waals surface area contributed by atoms with E-state index in [2.05, 4.69) is 5.32 Å². The molecule has 1 fully saturated rings. The number of carbonyl (C=O) groups excluding carboxylic acids is 2. The predicted molar refractivity (Wildman–Crippen MR) is 79.9 cm³/mol. The van der Waals surface area contributed by atoms with Crippen molar-refractivity contribution in [1.82, 2.24) is 10.2 Å². The highest BCUT2D eigenvalue weighted by Crippen LogP contribution is 2.15. The number of likely N-dealkylation sites (tertiary alicyclic amines) is 1. The number of aliphatic hydroxyl groups is 1. The van der Waals surface area contributed by atoms with E-state index in [9.17, 15) is 14.7 Å². The first-order valence-corrected chi connectivity index (χ1v) is 7.42. The molecule has 2 rings (SSSR count). The van der Waals surface area contributed by atoms with Gasteiger partial charge < -0.3 is 15.3 Å². The van der Waals surface area contributed by atoms with Crippen LogP contribution in [0.2, 0.25) is 5.02 Å². The maximum Gasteiger partial charge on any atom is 0.239 e. The minimum absolute atomic E-state index is 0.0228. The van der Waals surface area contributed by atoms with Crippen LogP contribution in [0.15, 0.2) is 24.3 Å². The number of halogens is 1. The number of nitrogens with one attached hydrogen (secondary N) is 1. The van der Waals surface area contributed by atoms with E-state index in [1.54, 1.807) is 29.2 Å². The molecule has 0 spiro atoms. The van der Waals surface area contributed by atoms with Crippen LogP contribution < -0.4 is 5.32 Å². The van der Waals surface area contributed by atoms with Gasteiger partial charge in [-0.3, -0.25) is 9.59 Å². The Morgan fingerprint density at radius 1 is 1.33 bits per heavy atom. The summed E-state index contributed by atoms with van der Waals surface area (Å²) in [5.74, 6) is -0.229. The third-order valence-electron chi connectivity index (χ3n) is 3.50. The molecule has 1 aliphatic heterocycles. The normalized spacial score (nSPS) is 16.7. The maximum atomic E-state index is 11.8. The van der Waals surface area contributed by atoms with Gasteiger partial charge in [0.25, 0.3) is 0 Å². The van der Waals surface area contributed by atoms with E-state index in [4.69, 9.17) is 11.6 Å². The predicted octanol–water partition coefficient (Wildman–Crippen LogP) is 1.50. The average molecular weight is 311 g/mol. The molecule has 1 aliphatic rings. The van der Waals surface area contributed by atoms with Crippen molar-refractivity contribution >= 4 is 23.4 Å². The van der Waals surface area contributed by atoms with Gasteiger partial charge in [0.2, 0.25) is 11.8 Å². The maximum absolute atomic E-state index is 11.8. The summed E-state index contributed by atoms with van der Waals surface area (Å²) in [6.45, 7) is 0.806. The van der Waals surface area contributed by atoms with Crippen molar-refractivity contribution in [1.29, 1.82) is 0 Å². The lowest BCUT2D eigenvalue weighted by molar-refractivity contribution is -0.137. The van der Waals surface area contributed by atoms with Gasteiger partial charge in [-0.2, -0.15) is 0 Å². The Labute approximate surface area is 128 Å². The first kappa shape index (κ1) is 15.8. The number of piperidine rings is 1. The topological polar surface area (TPSA) is 69.6 Å². The van der Waals surface area contributed by atoms with Crippen LogP contribution in [0, 0.1) is 0 Å². The molecule has 0 aromatic heterocycles. The average Bonchev–Trinajstić information content (AvgIpc) is 2.48. The van der Waals surface area contributed by atoms with Crippen molar-refractivity contribution in [2.45, 2.75) is 25.4 Å². The van der Waals surface area contributed by atoms with Crippen LogP contribution in [0.5, 0.6) is 0 Å². The standard InChI is InChI=1S/C15H19ClN2O3/c16-12-6-4-11(5-7-12)13(19)9-17-14(20)10-18-8-2-1-3-15(18)21/h4-7,13,19H,1-3,8-10H2,(H,17,20). The van der Waals surface area contributed by atoms with Gasteiger partial charge in [0.05, 0.1) is 12.6 Å². The Hall–Kier alpha value is -1.59. The number of carbonyl (C=O) groups is 2. The summed E-state index contributed by atoms with van der Waals surface area (Å²) in [6.07, 6.45) is 1.56. The molecular weight excluding hydrogens is 292 g/mol. The van der Waals surface area contributed by atoms with E-state index in [0.717, 1.165) is 12.8 Å². The molecule has 5 nitrogen and oxygen atoms in total. The van der Waals surface area contributed by atoms with Crippen LogP contribution in [-0.2, 0) is 9.59 Å². The third kappa shape index (κ3) is 4.72. The van der Waals surface area contributed by atoms with Crippen molar-refractivity contribution < 1.29 is 14.7 Å². The summed E-state index contributed by atoms with van der Waals surface area (Å²) < 4.78 is 0. The highest BCUT2D eigenvalue weighted by atomic mass is 35.5. The van der Waals surface area contributed by atoms with Gasteiger partial charge in [0, 0.05) is 24.5 Å². The number of aliphatic hydroxyl groups excluding tert-OH is 1. The number of nitrogens with zero attached hydrogens (tertiary/aromatic N) is 1. The largest absolute Gasteiger partial charge is 0.387 e. The molecule has 1 aromatic carbocycles. The molecule has 0 bridgehead atoms. The minimum Gasteiger partial charge on any atom is -0.387 e. The molecule has 2 N–H and O–H groups in total. The zero-order chi connectivity index (χ0) is 15.2. The Kier molecular flexibility index (Phi) is 5.59. The molecule has 0 aliphatic carbocycles. The summed E-state index contributed by atoms with van der Waals surface area (Å²) in [7, 11) is 0. The van der Waals surface area contributed by atoms with Crippen molar-refractivity contribution in [2.75, 3.05) is 19.6 Å². The lowest BCUT2D eigenvalue weighted by atomic mass is 10.1. The number of hydrogen-bond acceptors (Lipinski definition) is 3. The zero-order valence-electron chi connectivity index (χ0n) is 11.7. The summed E-state index contributed by atoms with van der Waals surface area (Å²) in [5, 5.41) is 13.2. The summed E-state index contributed by atoms with van der Waals surface area (Å²) in [6, 6.07) is 6.81. The molecule has 2 amide bonds. The first-order chi connectivity index (χ1) is 10.1. The van der Waals surface area contributed by atoms with Gasteiger partial charge in [-0.15, -0.1) is 0 Å². The summed E-state index contributed by atoms with van der Waals surface area (Å²) in [4.78, 5) is 25.0. The highest BCUT2D eigenvalue weighted by molar-refractivity contribution is 6.30. The Bertz CT molecular complexity index is 504. The quantitative estimate of drug-likeness (QED) is 0.866. The van der Waals surface area contributed by atoms with Gasteiger partial charge in [-0.05, 0) is 30.5 Å². The summed E-state index contributed by atoms with van der Waals surface area (Å²) >= 11 is 5.78. The van der Waals surface area contributed by atoms with E-state index in [1.807, 2.05) is 0 Å². The van der Waals surface area contributed by atoms with Crippen molar-refractivity contribution in [3.63, 3.8) is 0 Å². The highest BCUT2D eigenvalue weighted by Gasteiger charge is 2.20. The first-order valence-electron chi connectivity index (χ1n) is 7.04. The fourth-order valence-electron chi connectivity index (χ4n) is 2.27. The lowest BCUT2D eigenvalue weighted by Crippen LogP contribution is -2.43. The third-order valence-corrected chi connectivity index (χ3v) is 3.76. The van der Waals surface area contributed by atoms with Crippen molar-refractivity contribution in [3.05, 3.63) is 34.9 Å². The SMILES string of the molecule is O=C(CN1CCCCC1=O)NCC(O)c1ccc(Cl)cc1. The van der Waals surface area contributed by atoms with Gasteiger partial charge in [-0.25, -0.2) is 0 Å². The molecule has 1 atom stereocenters. The van der Waals surface area contributed by atoms with Gasteiger partial charge in [-0.1, -0.05) is 23.7 Å². The Morgan fingerprint density at radius 2 is 2.05 bits per heavy atom. The number of hydrogen-bond donors (Lipinski definition) is 2. The van der Waals surface area contributed by atoms with E-state index in [1.165, 1.54) is 0 Å². The minimum atomic E-state index is -0.789. The van der Waals surface area contributed by atoms with Gasteiger partial charge >= 0.3 is 0 Å². The molecule has 0 radical (unpaired) electrons. The second-order valence-corrected chi connectivity index (χ2v) is 5.58. The second kappa shape index (κ2) is 7.43. The molecule has 114 valence electrons. The van der Waals surface area contributed by atoms with Crippen LogP contribution in [0.4, 0.5) is 0 Å². The molecule has 1 aromatic rings. The molecule has 1 unspecified atom stereocenters. The number of benzene rings is 1. The molecule has 21 heavy (non-hydrogen) atoms. The van der Waals surface area contributed by atoms with Crippen LogP contribution >= 0.6 is 11.6 Å². The van der Waals surface area contributed by atoms with Crippen molar-refractivity contribution in [3.8, 4) is 0 Å². The molecule has 1 saturated heterocycles. The van der Waals surface area contributed by atoms with Crippen LogP contribution in [0.25, 0.3) is 0 Å². The molecule has 6 heteroatoms. The molecular formula is C15H19ClN2O3. The lowest BCUT2D eigenvalue weighted by Gasteiger charge is -2.26. The number of amides is 2. The fourth-order valence-corrected chi connectivity index (χ4v) is 2.40. The monoisotopic (exact) mass is 310 g/mol. The van der Waals surface area contributed by atoms with Crippen molar-refractivity contribution in [2.24, 2.45) is 0 Å². The van der Waals surface area contributed by atoms with Crippen LogP contribution in [-0.4, -0.2) is 41.5 Å². The smallest absolute Gasteiger partial charge is 0.239 e. The fraction of sp³-hybridized carbons (Fsp3) is 0.467. The zero-order valence-corrected chi connectivity index (χ0v) is 12.5. The van der Waals surface area contributed by atoms with E-state index in [-0.39, 0.29) is 24.9 Å². The van der Waals surface area contributed by atoms with Gasteiger partial charge in [0.15, 0.2) is 0 Å². The van der Waals surface area contributed by atoms with E-state index in [0.29, 0.717) is 23.6 Å². The van der Waals surface area contributed by atoms with Gasteiger partial charge in [0.1, 0.15) is 0 Å². The second-order valence-electron chi connectivity index (χ2n) is 5.14. The molecule has 1 heterocycles. The number of rotatable bonds is 5. The van der Waals surface area contributed by atoms with Crippen LogP contribution in [0.1, 0.15) is 30.9 Å². The summed E-state index contributed by atoms with van der Waals surface area (Å²) in [5.41, 5.74) is 0.689. The van der Waals surface area contributed by atoms with E-state index >= 15 is 0 Å². The Morgan fingerprint density at radius 3 is 2.71 bits per heavy atom. The van der Waals surface area contributed by atoms with Crippen LogP contribution in [0.3, 0.4) is 0 Å². The van der Waals surface area contributed by atoms with E-state index < -0.39 is 6.10 Å².